The maximum Gasteiger partial charge on any atom is 0.184 e. The SMILES string of the molecule is Cc1ccc(S(=O)(=O)[C@H]2[C@@H](c3ccc(Cl)cc3)C2(C#N)C#N)cc1. The summed E-state index contributed by atoms with van der Waals surface area (Å²) in [5.74, 6) is -0.684. The van der Waals surface area contributed by atoms with Gasteiger partial charge in [0.25, 0.3) is 0 Å². The lowest BCUT2D eigenvalue weighted by atomic mass is 10.0. The Morgan fingerprint density at radius 3 is 2.04 bits per heavy atom. The third-order valence-corrected chi connectivity index (χ3v) is 6.91. The molecule has 1 aliphatic rings. The van der Waals surface area contributed by atoms with Gasteiger partial charge >= 0.3 is 0 Å². The summed E-state index contributed by atoms with van der Waals surface area (Å²) < 4.78 is 25.9. The summed E-state index contributed by atoms with van der Waals surface area (Å²) in [6.45, 7) is 1.86. The molecule has 24 heavy (non-hydrogen) atoms. The van der Waals surface area contributed by atoms with Crippen LogP contribution >= 0.6 is 11.6 Å². The standard InChI is InChI=1S/C18H13ClN2O2S/c1-12-2-8-15(9-3-12)24(22,23)17-16(18(17,10-20)11-21)13-4-6-14(19)7-5-13/h2-9,16-17H,1H3/t16-,17+/m1/s1. The highest BCUT2D eigenvalue weighted by Crippen LogP contribution is 2.63. The Kier molecular flexibility index (Phi) is 3.87. The van der Waals surface area contributed by atoms with Gasteiger partial charge in [-0.25, -0.2) is 8.42 Å². The lowest BCUT2D eigenvalue weighted by Gasteiger charge is -2.04. The van der Waals surface area contributed by atoms with Gasteiger partial charge < -0.3 is 0 Å². The fourth-order valence-electron chi connectivity index (χ4n) is 3.05. The first-order valence-electron chi connectivity index (χ1n) is 7.25. The van der Waals surface area contributed by atoms with Crippen molar-refractivity contribution in [1.29, 1.82) is 10.5 Å². The molecule has 0 radical (unpaired) electrons. The molecule has 3 rings (SSSR count). The molecule has 0 aromatic heterocycles. The molecule has 1 fully saturated rings. The second kappa shape index (κ2) is 5.63. The van der Waals surface area contributed by atoms with E-state index in [-0.39, 0.29) is 4.90 Å². The summed E-state index contributed by atoms with van der Waals surface area (Å²) >= 11 is 5.86. The summed E-state index contributed by atoms with van der Waals surface area (Å²) in [5.41, 5.74) is -0.00797. The molecule has 1 aliphatic carbocycles. The maximum atomic E-state index is 13.0. The molecule has 0 amide bonds. The number of benzene rings is 2. The van der Waals surface area contributed by atoms with Gasteiger partial charge in [0, 0.05) is 10.9 Å². The van der Waals surface area contributed by atoms with Gasteiger partial charge in [0.1, 0.15) is 5.25 Å². The fraction of sp³-hybridized carbons (Fsp3) is 0.222. The average molecular weight is 357 g/mol. The third-order valence-electron chi connectivity index (χ3n) is 4.42. The normalized spacial score (nSPS) is 21.5. The second-order valence-corrected chi connectivity index (χ2v) is 8.41. The van der Waals surface area contributed by atoms with Crippen LogP contribution < -0.4 is 0 Å². The summed E-state index contributed by atoms with van der Waals surface area (Å²) in [4.78, 5) is 0.129. The summed E-state index contributed by atoms with van der Waals surface area (Å²) in [6.07, 6.45) is 0. The van der Waals surface area contributed by atoms with Gasteiger partial charge in [-0.2, -0.15) is 10.5 Å². The number of hydrogen-bond donors (Lipinski definition) is 0. The number of nitrogens with zero attached hydrogens (tertiary/aromatic N) is 2. The van der Waals surface area contributed by atoms with E-state index in [9.17, 15) is 18.9 Å². The van der Waals surface area contributed by atoms with E-state index in [0.717, 1.165) is 5.56 Å². The zero-order chi connectivity index (χ0) is 17.5. The van der Waals surface area contributed by atoms with Crippen molar-refractivity contribution in [2.75, 3.05) is 0 Å². The Labute approximate surface area is 145 Å². The average Bonchev–Trinajstić information content (AvgIpc) is 3.26. The largest absolute Gasteiger partial charge is 0.223 e. The van der Waals surface area contributed by atoms with Gasteiger partial charge in [-0.3, -0.25) is 0 Å². The first kappa shape index (κ1) is 16.5. The molecule has 120 valence electrons. The van der Waals surface area contributed by atoms with Crippen LogP contribution in [0.4, 0.5) is 0 Å². The van der Waals surface area contributed by atoms with Crippen molar-refractivity contribution in [2.24, 2.45) is 5.41 Å². The quantitative estimate of drug-likeness (QED) is 0.840. The first-order chi connectivity index (χ1) is 11.4. The highest BCUT2D eigenvalue weighted by molar-refractivity contribution is 7.92. The van der Waals surface area contributed by atoms with E-state index in [0.29, 0.717) is 10.6 Å². The van der Waals surface area contributed by atoms with Crippen LogP contribution in [-0.4, -0.2) is 13.7 Å². The molecule has 6 heteroatoms. The summed E-state index contributed by atoms with van der Waals surface area (Å²) in [7, 11) is -3.80. The minimum atomic E-state index is -3.80. The van der Waals surface area contributed by atoms with Crippen molar-refractivity contribution in [3.63, 3.8) is 0 Å². The molecule has 0 heterocycles. The molecule has 0 unspecified atom stereocenters. The lowest BCUT2D eigenvalue weighted by molar-refractivity contribution is 0.591. The van der Waals surface area contributed by atoms with Crippen molar-refractivity contribution in [2.45, 2.75) is 23.0 Å². The van der Waals surface area contributed by atoms with Crippen LogP contribution in [-0.2, 0) is 9.84 Å². The van der Waals surface area contributed by atoms with Crippen molar-refractivity contribution in [3.05, 3.63) is 64.7 Å². The third kappa shape index (κ3) is 2.38. The molecule has 0 saturated heterocycles. The number of aryl methyl sites for hydroxylation is 1. The topological polar surface area (TPSA) is 81.7 Å². The van der Waals surface area contributed by atoms with Gasteiger partial charge in [-0.1, -0.05) is 41.4 Å². The molecular formula is C18H13ClN2O2S. The van der Waals surface area contributed by atoms with Crippen LogP contribution in [0.15, 0.2) is 53.4 Å². The zero-order valence-corrected chi connectivity index (χ0v) is 14.3. The van der Waals surface area contributed by atoms with Crippen molar-refractivity contribution in [3.8, 4) is 12.1 Å². The molecule has 0 spiro atoms. The van der Waals surface area contributed by atoms with Crippen LogP contribution in [0.5, 0.6) is 0 Å². The zero-order valence-electron chi connectivity index (χ0n) is 12.8. The Hall–Kier alpha value is -2.34. The summed E-state index contributed by atoms with van der Waals surface area (Å²) in [6, 6.07) is 16.9. The van der Waals surface area contributed by atoms with E-state index < -0.39 is 26.4 Å². The van der Waals surface area contributed by atoms with E-state index in [1.165, 1.54) is 12.1 Å². The van der Waals surface area contributed by atoms with Gasteiger partial charge in [-0.15, -0.1) is 0 Å². The van der Waals surface area contributed by atoms with E-state index in [2.05, 4.69) is 0 Å². The molecule has 0 N–H and O–H groups in total. The number of sulfone groups is 1. The van der Waals surface area contributed by atoms with Crippen molar-refractivity contribution < 1.29 is 8.42 Å². The molecule has 2 atom stereocenters. The fourth-order valence-corrected chi connectivity index (χ4v) is 5.38. The minimum Gasteiger partial charge on any atom is -0.223 e. The van der Waals surface area contributed by atoms with Gasteiger partial charge in [0.2, 0.25) is 0 Å². The number of rotatable bonds is 3. The second-order valence-electron chi connectivity index (χ2n) is 5.90. The van der Waals surface area contributed by atoms with Crippen LogP contribution in [0, 0.1) is 35.0 Å². The van der Waals surface area contributed by atoms with E-state index >= 15 is 0 Å². The highest BCUT2D eigenvalue weighted by atomic mass is 35.5. The summed E-state index contributed by atoms with van der Waals surface area (Å²) in [5, 5.41) is 18.4. The lowest BCUT2D eigenvalue weighted by Crippen LogP contribution is -2.14. The van der Waals surface area contributed by atoms with E-state index in [1.54, 1.807) is 36.4 Å². The van der Waals surface area contributed by atoms with Crippen LogP contribution in [0.25, 0.3) is 0 Å². The number of halogens is 1. The first-order valence-corrected chi connectivity index (χ1v) is 9.18. The van der Waals surface area contributed by atoms with Crippen LogP contribution in [0.3, 0.4) is 0 Å². The predicted molar refractivity (Wildman–Crippen MR) is 90.0 cm³/mol. The van der Waals surface area contributed by atoms with E-state index in [1.807, 2.05) is 19.1 Å². The van der Waals surface area contributed by atoms with Gasteiger partial charge in [0.05, 0.1) is 17.0 Å². The molecule has 1 saturated carbocycles. The molecule has 0 aliphatic heterocycles. The molecular weight excluding hydrogens is 344 g/mol. The molecule has 0 bridgehead atoms. The molecule has 4 nitrogen and oxygen atoms in total. The van der Waals surface area contributed by atoms with Crippen molar-refractivity contribution >= 4 is 21.4 Å². The predicted octanol–water partition coefficient (Wildman–Crippen LogP) is 3.62. The van der Waals surface area contributed by atoms with Crippen LogP contribution in [0.2, 0.25) is 5.02 Å². The van der Waals surface area contributed by atoms with Crippen molar-refractivity contribution in [1.82, 2.24) is 0 Å². The van der Waals surface area contributed by atoms with Gasteiger partial charge in [-0.05, 0) is 36.8 Å². The Balaban J connectivity index is 2.09. The molecule has 2 aromatic carbocycles. The monoisotopic (exact) mass is 356 g/mol. The number of nitriles is 2. The maximum absolute atomic E-state index is 13.0. The van der Waals surface area contributed by atoms with E-state index in [4.69, 9.17) is 11.6 Å². The van der Waals surface area contributed by atoms with Gasteiger partial charge in [0.15, 0.2) is 15.3 Å². The van der Waals surface area contributed by atoms with Crippen LogP contribution in [0.1, 0.15) is 17.0 Å². The highest BCUT2D eigenvalue weighted by Gasteiger charge is 2.73. The number of hydrogen-bond acceptors (Lipinski definition) is 4. The Bertz CT molecular complexity index is 954. The smallest absolute Gasteiger partial charge is 0.184 e. The Morgan fingerprint density at radius 1 is 1.00 bits per heavy atom. The molecule has 2 aromatic rings. The minimum absolute atomic E-state index is 0.129. The Morgan fingerprint density at radius 2 is 1.54 bits per heavy atom.